The predicted molar refractivity (Wildman–Crippen MR) is 130 cm³/mol. The van der Waals surface area contributed by atoms with Crippen LogP contribution in [0.25, 0.3) is 0 Å². The lowest BCUT2D eigenvalue weighted by Crippen LogP contribution is -2.50. The van der Waals surface area contributed by atoms with Crippen LogP contribution in [0.3, 0.4) is 0 Å². The molecule has 5 amide bonds. The quantitative estimate of drug-likeness (QED) is 0.595. The van der Waals surface area contributed by atoms with Gasteiger partial charge in [0.1, 0.15) is 6.04 Å². The highest BCUT2D eigenvalue weighted by Gasteiger charge is 2.47. The van der Waals surface area contributed by atoms with Gasteiger partial charge in [-0.15, -0.1) is 0 Å². The van der Waals surface area contributed by atoms with E-state index in [9.17, 15) is 19.2 Å². The molecule has 9 heteroatoms. The van der Waals surface area contributed by atoms with Crippen molar-refractivity contribution in [1.82, 2.24) is 20.4 Å². The lowest BCUT2D eigenvalue weighted by atomic mass is 10.0. The van der Waals surface area contributed by atoms with Crippen molar-refractivity contribution in [1.29, 1.82) is 0 Å². The standard InChI is InChI=1S/C26H29N5O4/c32-22(28-18-12-14-30(15-13-18)26(35)29-17-6-2-1-3-7-17)16-27-24(33)23-20-8-4-5-9-21(20)25(34)31(23)19-10-11-19/h1-9,18-19,23H,10-16H2,(H,27,33)(H,28,32)(H,29,35). The average Bonchev–Trinajstić information content (AvgIpc) is 3.67. The number of nitrogens with zero attached hydrogens (tertiary/aromatic N) is 2. The molecule has 1 atom stereocenters. The first-order chi connectivity index (χ1) is 17.0. The highest BCUT2D eigenvalue weighted by molar-refractivity contribution is 6.05. The highest BCUT2D eigenvalue weighted by atomic mass is 16.2. The molecule has 2 aromatic carbocycles. The van der Waals surface area contributed by atoms with Crippen LogP contribution in [0.15, 0.2) is 54.6 Å². The summed E-state index contributed by atoms with van der Waals surface area (Å²) in [5.74, 6) is -0.727. The summed E-state index contributed by atoms with van der Waals surface area (Å²) in [6, 6.07) is 15.7. The number of rotatable bonds is 6. The van der Waals surface area contributed by atoms with Crippen LogP contribution in [-0.2, 0) is 9.59 Å². The first-order valence-corrected chi connectivity index (χ1v) is 12.1. The van der Waals surface area contributed by atoms with E-state index in [1.807, 2.05) is 42.5 Å². The minimum Gasteiger partial charge on any atom is -0.352 e. The molecule has 2 aromatic rings. The molecule has 1 unspecified atom stereocenters. The smallest absolute Gasteiger partial charge is 0.321 e. The monoisotopic (exact) mass is 475 g/mol. The van der Waals surface area contributed by atoms with Crippen molar-refractivity contribution < 1.29 is 19.2 Å². The number of likely N-dealkylation sites (tertiary alicyclic amines) is 1. The number of amides is 5. The second kappa shape index (κ2) is 9.77. The van der Waals surface area contributed by atoms with E-state index >= 15 is 0 Å². The first-order valence-electron chi connectivity index (χ1n) is 12.1. The molecule has 2 heterocycles. The normalized spacial score (nSPS) is 19.8. The fourth-order valence-corrected chi connectivity index (χ4v) is 4.83. The number of carbonyl (C=O) groups is 4. The van der Waals surface area contributed by atoms with Crippen molar-refractivity contribution in [3.8, 4) is 0 Å². The summed E-state index contributed by atoms with van der Waals surface area (Å²) in [5.41, 5.74) is 2.01. The van der Waals surface area contributed by atoms with E-state index < -0.39 is 6.04 Å². The van der Waals surface area contributed by atoms with Gasteiger partial charge in [-0.2, -0.15) is 0 Å². The minimum atomic E-state index is -0.689. The molecule has 0 bridgehead atoms. The maximum atomic E-state index is 13.0. The van der Waals surface area contributed by atoms with Gasteiger partial charge < -0.3 is 25.8 Å². The van der Waals surface area contributed by atoms with E-state index in [0.717, 1.165) is 18.5 Å². The van der Waals surface area contributed by atoms with Crippen LogP contribution in [0.1, 0.15) is 47.6 Å². The molecular weight excluding hydrogens is 446 g/mol. The third kappa shape index (κ3) is 4.99. The van der Waals surface area contributed by atoms with E-state index in [1.165, 1.54) is 0 Å². The van der Waals surface area contributed by atoms with Gasteiger partial charge in [0, 0.05) is 36.4 Å². The lowest BCUT2D eigenvalue weighted by Gasteiger charge is -2.32. The molecule has 182 valence electrons. The Hall–Kier alpha value is -3.88. The minimum absolute atomic E-state index is 0.0584. The number of benzene rings is 2. The second-order valence-corrected chi connectivity index (χ2v) is 9.28. The summed E-state index contributed by atoms with van der Waals surface area (Å²) < 4.78 is 0. The lowest BCUT2D eigenvalue weighted by molar-refractivity contribution is -0.129. The number of nitrogens with one attached hydrogen (secondary N) is 3. The molecule has 0 aromatic heterocycles. The van der Waals surface area contributed by atoms with E-state index in [-0.39, 0.29) is 42.4 Å². The average molecular weight is 476 g/mol. The third-order valence-corrected chi connectivity index (χ3v) is 6.78. The summed E-state index contributed by atoms with van der Waals surface area (Å²) in [5, 5.41) is 8.56. The Bertz CT molecular complexity index is 1130. The zero-order valence-electron chi connectivity index (χ0n) is 19.4. The predicted octanol–water partition coefficient (Wildman–Crippen LogP) is 2.27. The largest absolute Gasteiger partial charge is 0.352 e. The highest BCUT2D eigenvalue weighted by Crippen LogP contribution is 2.41. The molecular formula is C26H29N5O4. The van der Waals surface area contributed by atoms with Gasteiger partial charge in [-0.1, -0.05) is 36.4 Å². The van der Waals surface area contributed by atoms with Crippen LogP contribution in [0.5, 0.6) is 0 Å². The first kappa shape index (κ1) is 22.9. The van der Waals surface area contributed by atoms with Crippen molar-refractivity contribution in [2.24, 2.45) is 0 Å². The van der Waals surface area contributed by atoms with Crippen molar-refractivity contribution >= 4 is 29.4 Å². The SMILES string of the molecule is O=C(CNC(=O)C1c2ccccc2C(=O)N1C1CC1)NC1CCN(C(=O)Nc2ccccc2)CC1. The summed E-state index contributed by atoms with van der Waals surface area (Å²) in [7, 11) is 0. The zero-order chi connectivity index (χ0) is 24.4. The van der Waals surface area contributed by atoms with Crippen molar-refractivity contribution in [3.63, 3.8) is 0 Å². The van der Waals surface area contributed by atoms with Crippen LogP contribution in [-0.4, -0.2) is 65.3 Å². The zero-order valence-corrected chi connectivity index (χ0v) is 19.4. The molecule has 1 saturated carbocycles. The summed E-state index contributed by atoms with van der Waals surface area (Å²) in [4.78, 5) is 54.2. The Kier molecular flexibility index (Phi) is 6.39. The molecule has 5 rings (SSSR count). The maximum Gasteiger partial charge on any atom is 0.321 e. The van der Waals surface area contributed by atoms with Crippen LogP contribution in [0, 0.1) is 0 Å². The molecule has 0 spiro atoms. The molecule has 9 nitrogen and oxygen atoms in total. The van der Waals surface area contributed by atoms with Crippen LogP contribution >= 0.6 is 0 Å². The van der Waals surface area contributed by atoms with Crippen LogP contribution < -0.4 is 16.0 Å². The van der Waals surface area contributed by atoms with Crippen molar-refractivity contribution in [2.45, 2.75) is 43.8 Å². The Morgan fingerprint density at radius 2 is 1.57 bits per heavy atom. The maximum absolute atomic E-state index is 13.0. The van der Waals surface area contributed by atoms with Gasteiger partial charge in [-0.05, 0) is 49.4 Å². The summed E-state index contributed by atoms with van der Waals surface area (Å²) >= 11 is 0. The fraction of sp³-hybridized carbons (Fsp3) is 0.385. The number of hydrogen-bond acceptors (Lipinski definition) is 4. The van der Waals surface area contributed by atoms with Crippen molar-refractivity contribution in [3.05, 3.63) is 65.7 Å². The van der Waals surface area contributed by atoms with Gasteiger partial charge in [0.25, 0.3) is 5.91 Å². The van der Waals surface area contributed by atoms with E-state index in [1.54, 1.807) is 21.9 Å². The van der Waals surface area contributed by atoms with Gasteiger partial charge >= 0.3 is 6.03 Å². The molecule has 0 radical (unpaired) electrons. The number of hydrogen-bond donors (Lipinski definition) is 3. The molecule has 1 saturated heterocycles. The summed E-state index contributed by atoms with van der Waals surface area (Å²) in [6.07, 6.45) is 3.07. The van der Waals surface area contributed by atoms with E-state index in [4.69, 9.17) is 0 Å². The van der Waals surface area contributed by atoms with Crippen LogP contribution in [0.4, 0.5) is 10.5 Å². The fourth-order valence-electron chi connectivity index (χ4n) is 4.83. The van der Waals surface area contributed by atoms with E-state index in [0.29, 0.717) is 37.1 Å². The Labute approximate surface area is 203 Å². The van der Waals surface area contributed by atoms with Crippen molar-refractivity contribution in [2.75, 3.05) is 25.0 Å². The number of piperidine rings is 1. The summed E-state index contributed by atoms with van der Waals surface area (Å²) in [6.45, 7) is 0.916. The third-order valence-electron chi connectivity index (χ3n) is 6.78. The van der Waals surface area contributed by atoms with Gasteiger partial charge in [0.05, 0.1) is 6.54 Å². The van der Waals surface area contributed by atoms with Crippen LogP contribution in [0.2, 0.25) is 0 Å². The topological polar surface area (TPSA) is 111 Å². The molecule has 35 heavy (non-hydrogen) atoms. The van der Waals surface area contributed by atoms with E-state index in [2.05, 4.69) is 16.0 Å². The molecule has 3 aliphatic rings. The Balaban J connectivity index is 1.09. The van der Waals surface area contributed by atoms with Gasteiger partial charge in [0.15, 0.2) is 0 Å². The van der Waals surface area contributed by atoms with Gasteiger partial charge in [-0.3, -0.25) is 14.4 Å². The van der Waals surface area contributed by atoms with Gasteiger partial charge in [-0.25, -0.2) is 4.79 Å². The van der Waals surface area contributed by atoms with Gasteiger partial charge in [0.2, 0.25) is 11.8 Å². The number of para-hydroxylation sites is 1. The molecule has 1 aliphatic carbocycles. The Morgan fingerprint density at radius 3 is 2.29 bits per heavy atom. The Morgan fingerprint density at radius 1 is 0.886 bits per heavy atom. The molecule has 2 fully saturated rings. The molecule has 2 aliphatic heterocycles. The second-order valence-electron chi connectivity index (χ2n) is 9.28. The number of carbonyl (C=O) groups excluding carboxylic acids is 4. The number of urea groups is 1. The molecule has 3 N–H and O–H groups in total. The number of anilines is 1. The number of fused-ring (bicyclic) bond motifs is 1.